The van der Waals surface area contributed by atoms with Gasteiger partial charge in [-0.05, 0) is 68.9 Å². The number of benzene rings is 1. The normalized spacial score (nSPS) is 25.7. The van der Waals surface area contributed by atoms with Crippen molar-refractivity contribution in [1.82, 2.24) is 15.2 Å². The molecule has 5 rings (SSSR count). The van der Waals surface area contributed by atoms with Gasteiger partial charge in [-0.15, -0.1) is 0 Å². The Morgan fingerprint density at radius 3 is 2.14 bits per heavy atom. The Morgan fingerprint density at radius 2 is 1.60 bits per heavy atom. The average molecular weight is 638 g/mol. The van der Waals surface area contributed by atoms with Gasteiger partial charge >= 0.3 is 10.2 Å². The Morgan fingerprint density at radius 1 is 1.00 bits per heavy atom. The number of halogens is 8. The lowest BCUT2D eigenvalue weighted by Gasteiger charge is -2.42. The minimum atomic E-state index is -10.1. The Kier molecular flexibility index (Phi) is 6.95. The van der Waals surface area contributed by atoms with Gasteiger partial charge in [0.1, 0.15) is 22.3 Å². The molecule has 43 heavy (non-hydrogen) atoms. The molecule has 0 radical (unpaired) electrons. The molecule has 3 heterocycles. The topological polar surface area (TPSA) is 89.3 Å². The summed E-state index contributed by atoms with van der Waals surface area (Å²) in [5.74, 6) is -5.70. The maximum atomic E-state index is 14.5. The average Bonchev–Trinajstić information content (AvgIpc) is 3.47. The monoisotopic (exact) mass is 637 g/mol. The smallest absolute Gasteiger partial charge is 0.310 e. The lowest BCUT2D eigenvalue weighted by Crippen LogP contribution is -2.57. The van der Waals surface area contributed by atoms with Crippen molar-refractivity contribution < 1.29 is 42.2 Å². The molecule has 1 saturated carbocycles. The molecule has 234 valence electrons. The molecular weight excluding hydrogens is 610 g/mol. The van der Waals surface area contributed by atoms with E-state index in [0.717, 1.165) is 23.4 Å². The molecule has 2 amide bonds. The zero-order valence-corrected chi connectivity index (χ0v) is 23.3. The molecule has 2 aromatic rings. The number of anilines is 1. The number of carbonyl (C=O) groups is 2. The lowest BCUT2D eigenvalue weighted by molar-refractivity contribution is -0.132. The van der Waals surface area contributed by atoms with E-state index >= 15 is 0 Å². The molecule has 2 bridgehead atoms. The first kappa shape index (κ1) is 30.8. The number of carbonyl (C=O) groups excluding carboxylic acids is 2. The number of pyridine rings is 1. The highest BCUT2D eigenvalue weighted by Gasteiger charge is 2.65. The van der Waals surface area contributed by atoms with E-state index < -0.39 is 74.8 Å². The van der Waals surface area contributed by atoms with Crippen molar-refractivity contribution in [2.75, 3.05) is 4.90 Å². The molecule has 0 spiro atoms. The van der Waals surface area contributed by atoms with Gasteiger partial charge in [0.05, 0.1) is 6.20 Å². The fourth-order valence-electron chi connectivity index (χ4n) is 6.35. The highest BCUT2D eigenvalue weighted by Crippen LogP contribution is 3.02. The molecular formula is C27H27F8N5O2S. The third-order valence-electron chi connectivity index (χ3n) is 8.51. The number of hydrogen-bond donors (Lipinski definition) is 1. The number of amides is 2. The van der Waals surface area contributed by atoms with Gasteiger partial charge in [0.25, 0.3) is 5.91 Å². The Balaban J connectivity index is 1.62. The van der Waals surface area contributed by atoms with E-state index in [1.165, 1.54) is 4.90 Å². The molecule has 2 saturated heterocycles. The maximum Gasteiger partial charge on any atom is 0.310 e. The third kappa shape index (κ3) is 5.96. The molecule has 1 unspecified atom stereocenters. The first-order valence-electron chi connectivity index (χ1n) is 13.5. The Labute approximate surface area is 241 Å². The van der Waals surface area contributed by atoms with Crippen molar-refractivity contribution in [2.24, 2.45) is 0 Å². The molecule has 1 aromatic carbocycles. The molecule has 3 fully saturated rings. The number of nitrogens with one attached hydrogen (secondary N) is 1. The van der Waals surface area contributed by atoms with Crippen molar-refractivity contribution >= 4 is 27.7 Å². The standard InChI is InChI=1S/C27H27F8N5O2S/c28-18-13-17(14-37-15-18)23(24(41)38-19-5-11-27(29,30)12-6-19)40(21-1-3-22(4-2-21)43(31,32,33,34)35)25(42)26-9-7-20(8-10-26)39(26)16-36/h1-4,13-15,19-20,23H,5-12H2,(H,38,41). The second kappa shape index (κ2) is 9.70. The molecule has 1 N–H and O–H groups in total. The number of hydrogen-bond acceptors (Lipinski definition) is 5. The van der Waals surface area contributed by atoms with Gasteiger partial charge in [-0.3, -0.25) is 24.4 Å². The SMILES string of the molecule is N#CN1C2CCC1(C(=O)N(c1ccc(S(F)(F)(F)(F)F)cc1)C(C(=O)NC1CCC(F)(F)CC1)c1cncc(F)c1)CC2. The number of nitriles is 1. The van der Waals surface area contributed by atoms with Crippen LogP contribution in [0.15, 0.2) is 47.6 Å². The Bertz CT molecular complexity index is 1460. The summed E-state index contributed by atoms with van der Waals surface area (Å²) in [7, 11) is -10.1. The van der Waals surface area contributed by atoms with Gasteiger partial charge in [-0.25, -0.2) is 13.2 Å². The van der Waals surface area contributed by atoms with Gasteiger partial charge in [0, 0.05) is 42.4 Å². The van der Waals surface area contributed by atoms with Crippen LogP contribution >= 0.6 is 10.2 Å². The fourth-order valence-corrected chi connectivity index (χ4v) is 7.01. The van der Waals surface area contributed by atoms with E-state index in [1.54, 1.807) is 0 Å². The van der Waals surface area contributed by atoms with E-state index in [9.17, 15) is 47.5 Å². The van der Waals surface area contributed by atoms with Crippen LogP contribution in [-0.2, 0) is 9.59 Å². The van der Waals surface area contributed by atoms with Gasteiger partial charge in [-0.2, -0.15) is 5.26 Å². The highest BCUT2D eigenvalue weighted by molar-refractivity contribution is 8.45. The number of aromatic nitrogens is 1. The molecule has 1 atom stereocenters. The zero-order valence-electron chi connectivity index (χ0n) is 22.5. The second-order valence-corrected chi connectivity index (χ2v) is 13.8. The van der Waals surface area contributed by atoms with Gasteiger partial charge in [0.15, 0.2) is 6.19 Å². The van der Waals surface area contributed by atoms with E-state index in [1.807, 2.05) is 6.19 Å². The zero-order chi connectivity index (χ0) is 31.5. The summed E-state index contributed by atoms with van der Waals surface area (Å²) < 4.78 is 110. The number of fused-ring (bicyclic) bond motifs is 2. The van der Waals surface area contributed by atoms with Crippen LogP contribution in [0.25, 0.3) is 0 Å². The lowest BCUT2D eigenvalue weighted by atomic mass is 9.85. The van der Waals surface area contributed by atoms with Gasteiger partial charge < -0.3 is 5.32 Å². The predicted octanol–water partition coefficient (Wildman–Crippen LogP) is 7.12. The summed E-state index contributed by atoms with van der Waals surface area (Å²) in [6.45, 7) is 0. The van der Waals surface area contributed by atoms with Crippen LogP contribution in [0.4, 0.5) is 38.3 Å². The fraction of sp³-hybridized carbons (Fsp3) is 0.481. The maximum absolute atomic E-state index is 14.5. The minimum Gasteiger partial charge on any atom is -0.351 e. The first-order chi connectivity index (χ1) is 19.8. The van der Waals surface area contributed by atoms with E-state index in [4.69, 9.17) is 0 Å². The molecule has 16 heteroatoms. The van der Waals surface area contributed by atoms with Crippen LogP contribution in [0.1, 0.15) is 63.0 Å². The van der Waals surface area contributed by atoms with Crippen LogP contribution in [0.2, 0.25) is 0 Å². The number of rotatable bonds is 7. The number of alkyl halides is 2. The quantitative estimate of drug-likeness (QED) is 0.258. The van der Waals surface area contributed by atoms with E-state index in [-0.39, 0.29) is 49.4 Å². The summed E-state index contributed by atoms with van der Waals surface area (Å²) in [4.78, 5) is 31.9. The molecule has 1 aliphatic carbocycles. The number of nitrogens with zero attached hydrogens (tertiary/aromatic N) is 4. The Hall–Kier alpha value is -3.61. The molecule has 3 aliphatic rings. The van der Waals surface area contributed by atoms with Crippen molar-refractivity contribution in [2.45, 2.75) is 85.8 Å². The van der Waals surface area contributed by atoms with Crippen molar-refractivity contribution in [3.05, 3.63) is 54.1 Å². The summed E-state index contributed by atoms with van der Waals surface area (Å²) in [5.41, 5.74) is -2.11. The summed E-state index contributed by atoms with van der Waals surface area (Å²) in [6, 6.07) is -0.601. The van der Waals surface area contributed by atoms with Crippen molar-refractivity contribution in [3.8, 4) is 6.19 Å². The van der Waals surface area contributed by atoms with Gasteiger partial charge in [0.2, 0.25) is 11.8 Å². The van der Waals surface area contributed by atoms with Crippen LogP contribution in [0.3, 0.4) is 0 Å². The summed E-state index contributed by atoms with van der Waals surface area (Å²) in [6.07, 6.45) is 3.76. The van der Waals surface area contributed by atoms with Crippen LogP contribution in [-0.4, -0.2) is 45.2 Å². The minimum absolute atomic E-state index is 0.0883. The van der Waals surface area contributed by atoms with Gasteiger partial charge in [-0.1, -0.05) is 19.4 Å². The summed E-state index contributed by atoms with van der Waals surface area (Å²) >= 11 is 0. The molecule has 7 nitrogen and oxygen atoms in total. The van der Waals surface area contributed by atoms with Crippen molar-refractivity contribution in [3.63, 3.8) is 0 Å². The van der Waals surface area contributed by atoms with Crippen LogP contribution in [0.5, 0.6) is 0 Å². The highest BCUT2D eigenvalue weighted by atomic mass is 32.5. The first-order valence-corrected chi connectivity index (χ1v) is 15.4. The third-order valence-corrected chi connectivity index (χ3v) is 9.67. The predicted molar refractivity (Wildman–Crippen MR) is 140 cm³/mol. The largest absolute Gasteiger partial charge is 0.351 e. The van der Waals surface area contributed by atoms with Crippen LogP contribution < -0.4 is 10.2 Å². The molecule has 1 aromatic heterocycles. The van der Waals surface area contributed by atoms with E-state index in [0.29, 0.717) is 25.0 Å². The van der Waals surface area contributed by atoms with Crippen LogP contribution in [0, 0.1) is 17.3 Å². The van der Waals surface area contributed by atoms with Crippen molar-refractivity contribution in [1.29, 1.82) is 5.26 Å². The van der Waals surface area contributed by atoms with E-state index in [2.05, 4.69) is 10.3 Å². The second-order valence-electron chi connectivity index (χ2n) is 11.3. The molecule has 2 aliphatic heterocycles. The summed E-state index contributed by atoms with van der Waals surface area (Å²) in [5, 5.41) is 12.5.